The average Bonchev–Trinajstić information content (AvgIpc) is 3.31. The molecule has 1 aliphatic heterocycles. The Bertz CT molecular complexity index is 1080. The monoisotopic (exact) mass is 438 g/mol. The van der Waals surface area contributed by atoms with E-state index in [9.17, 15) is 4.79 Å². The van der Waals surface area contributed by atoms with Crippen LogP contribution in [-0.4, -0.2) is 23.1 Å². The summed E-state index contributed by atoms with van der Waals surface area (Å²) in [5, 5.41) is 6.90. The zero-order valence-corrected chi connectivity index (χ0v) is 18.5. The molecule has 0 spiro atoms. The molecule has 3 heterocycles. The second-order valence-electron chi connectivity index (χ2n) is 7.01. The Labute approximate surface area is 184 Å². The first-order valence-electron chi connectivity index (χ1n) is 9.50. The lowest BCUT2D eigenvalue weighted by Crippen LogP contribution is -2.29. The third-order valence-electron chi connectivity index (χ3n) is 4.92. The van der Waals surface area contributed by atoms with Crippen LogP contribution in [0.25, 0.3) is 0 Å². The molecule has 6 nitrogen and oxygen atoms in total. The maximum Gasteiger partial charge on any atom is 0.221 e. The number of ether oxygens (including phenoxy) is 1. The molecule has 1 amide bonds. The fraction of sp³-hybridized carbons (Fsp3) is 0.227. The Hall–Kier alpha value is -2.97. The first kappa shape index (κ1) is 20.3. The Morgan fingerprint density at radius 1 is 1.27 bits per heavy atom. The summed E-state index contributed by atoms with van der Waals surface area (Å²) in [6.45, 7) is 3.57. The van der Waals surface area contributed by atoms with Gasteiger partial charge in [-0.25, -0.2) is 0 Å². The molecule has 2 aromatic heterocycles. The first-order valence-corrected chi connectivity index (χ1v) is 10.7. The average molecular weight is 439 g/mol. The molecule has 1 aliphatic rings. The van der Waals surface area contributed by atoms with Crippen molar-refractivity contribution in [3.05, 3.63) is 70.2 Å². The van der Waals surface area contributed by atoms with Crippen LogP contribution in [0.4, 0.5) is 11.4 Å². The van der Waals surface area contributed by atoms with Gasteiger partial charge >= 0.3 is 0 Å². The normalized spacial score (nSPS) is 18.2. The molecule has 0 saturated carbocycles. The van der Waals surface area contributed by atoms with Gasteiger partial charge in [0, 0.05) is 28.6 Å². The summed E-state index contributed by atoms with van der Waals surface area (Å²) in [6.07, 6.45) is 1.79. The third kappa shape index (κ3) is 3.88. The van der Waals surface area contributed by atoms with Crippen LogP contribution in [0, 0.1) is 6.92 Å². The van der Waals surface area contributed by atoms with Gasteiger partial charge < -0.3 is 20.3 Å². The number of anilines is 2. The van der Waals surface area contributed by atoms with Crippen molar-refractivity contribution in [1.82, 2.24) is 10.3 Å². The molecule has 154 valence electrons. The summed E-state index contributed by atoms with van der Waals surface area (Å²) in [5.74, 6) is 0.432. The number of hydrogen-bond donors (Lipinski definition) is 2. The molecule has 30 heavy (non-hydrogen) atoms. The first-order chi connectivity index (χ1) is 14.5. The standard InChI is InChI=1S/C22H22N4O2S2/c1-13-7-10-19(30-13)21-20(16-6-4-5-11-23-16)25-22(29)26(21)15-8-9-18(28-3)17(12-15)24-14(2)27/h4-12,20-21H,1-3H3,(H,24,27)(H,25,29)/t20-,21+/m0/s1. The van der Waals surface area contributed by atoms with Gasteiger partial charge in [0.25, 0.3) is 0 Å². The van der Waals surface area contributed by atoms with Crippen molar-refractivity contribution in [2.24, 2.45) is 0 Å². The SMILES string of the molecule is COc1ccc(N2C(=S)N[C@@H](c3ccccn3)[C@H]2c2ccc(C)s2)cc1NC(C)=O. The van der Waals surface area contributed by atoms with Gasteiger partial charge in [-0.2, -0.15) is 0 Å². The molecule has 4 rings (SSSR count). The zero-order chi connectivity index (χ0) is 21.3. The highest BCUT2D eigenvalue weighted by Gasteiger charge is 2.41. The third-order valence-corrected chi connectivity index (χ3v) is 6.31. The van der Waals surface area contributed by atoms with E-state index in [-0.39, 0.29) is 18.0 Å². The largest absolute Gasteiger partial charge is 0.495 e. The molecule has 1 fully saturated rings. The van der Waals surface area contributed by atoms with Gasteiger partial charge in [-0.05, 0) is 61.6 Å². The highest BCUT2D eigenvalue weighted by Crippen LogP contribution is 2.44. The van der Waals surface area contributed by atoms with E-state index >= 15 is 0 Å². The summed E-state index contributed by atoms with van der Waals surface area (Å²) in [5.41, 5.74) is 2.40. The highest BCUT2D eigenvalue weighted by molar-refractivity contribution is 7.80. The number of pyridine rings is 1. The minimum atomic E-state index is -0.163. The molecule has 8 heteroatoms. The topological polar surface area (TPSA) is 66.5 Å². The number of carbonyl (C=O) groups is 1. The van der Waals surface area contributed by atoms with Gasteiger partial charge in [0.15, 0.2) is 5.11 Å². The lowest BCUT2D eigenvalue weighted by molar-refractivity contribution is -0.114. The zero-order valence-electron chi connectivity index (χ0n) is 16.9. The van der Waals surface area contributed by atoms with E-state index in [1.807, 2.05) is 36.4 Å². The van der Waals surface area contributed by atoms with Gasteiger partial charge in [0.1, 0.15) is 5.75 Å². The minimum Gasteiger partial charge on any atom is -0.495 e. The molecule has 0 aliphatic carbocycles. The predicted octanol–water partition coefficient (Wildman–Crippen LogP) is 4.60. The molecular formula is C22H22N4O2S2. The van der Waals surface area contributed by atoms with Gasteiger partial charge in [-0.3, -0.25) is 9.78 Å². The van der Waals surface area contributed by atoms with Crippen molar-refractivity contribution >= 4 is 45.9 Å². The Morgan fingerprint density at radius 3 is 2.73 bits per heavy atom. The smallest absolute Gasteiger partial charge is 0.221 e. The van der Waals surface area contributed by atoms with E-state index in [0.29, 0.717) is 16.5 Å². The molecule has 0 radical (unpaired) electrons. The number of nitrogens with one attached hydrogen (secondary N) is 2. The minimum absolute atomic E-state index is 0.0651. The number of amides is 1. The highest BCUT2D eigenvalue weighted by atomic mass is 32.1. The maximum absolute atomic E-state index is 11.7. The number of aryl methyl sites for hydroxylation is 1. The number of hydrogen-bond acceptors (Lipinski definition) is 5. The summed E-state index contributed by atoms with van der Waals surface area (Å²) in [7, 11) is 1.58. The second-order valence-corrected chi connectivity index (χ2v) is 8.72. The summed E-state index contributed by atoms with van der Waals surface area (Å²) in [4.78, 5) is 20.8. The van der Waals surface area contributed by atoms with Gasteiger partial charge in [-0.1, -0.05) is 6.07 Å². The second kappa shape index (κ2) is 8.41. The molecule has 0 unspecified atom stereocenters. The van der Waals surface area contributed by atoms with Crippen molar-refractivity contribution in [3.8, 4) is 5.75 Å². The van der Waals surface area contributed by atoms with Crippen molar-refractivity contribution < 1.29 is 9.53 Å². The fourth-order valence-corrected chi connectivity index (χ4v) is 5.02. The lowest BCUT2D eigenvalue weighted by Gasteiger charge is -2.27. The van der Waals surface area contributed by atoms with E-state index in [0.717, 1.165) is 11.4 Å². The van der Waals surface area contributed by atoms with Crippen LogP contribution in [-0.2, 0) is 4.79 Å². The Balaban J connectivity index is 1.81. The van der Waals surface area contributed by atoms with E-state index in [1.165, 1.54) is 16.7 Å². The number of rotatable bonds is 5. The summed E-state index contributed by atoms with van der Waals surface area (Å²) in [6, 6.07) is 15.7. The predicted molar refractivity (Wildman–Crippen MR) is 124 cm³/mol. The lowest BCUT2D eigenvalue weighted by atomic mass is 10.0. The molecule has 3 aromatic rings. The van der Waals surface area contributed by atoms with Gasteiger partial charge in [0.2, 0.25) is 5.91 Å². The van der Waals surface area contributed by atoms with Gasteiger partial charge in [-0.15, -0.1) is 11.3 Å². The molecule has 0 bridgehead atoms. The number of thiophene rings is 1. The quantitative estimate of drug-likeness (QED) is 0.568. The maximum atomic E-state index is 11.7. The number of carbonyl (C=O) groups excluding carboxylic acids is 1. The van der Waals surface area contributed by atoms with E-state index in [2.05, 4.69) is 39.6 Å². The molecule has 1 aromatic carbocycles. The molecule has 2 N–H and O–H groups in total. The van der Waals surface area contributed by atoms with E-state index in [4.69, 9.17) is 17.0 Å². The van der Waals surface area contributed by atoms with Crippen LogP contribution in [0.15, 0.2) is 54.7 Å². The fourth-order valence-electron chi connectivity index (χ4n) is 3.67. The van der Waals surface area contributed by atoms with Crippen LogP contribution >= 0.6 is 23.6 Å². The number of nitrogens with zero attached hydrogens (tertiary/aromatic N) is 2. The van der Waals surface area contributed by atoms with Gasteiger partial charge in [0.05, 0.1) is 30.6 Å². The number of methoxy groups -OCH3 is 1. The Kier molecular flexibility index (Phi) is 5.69. The van der Waals surface area contributed by atoms with Crippen molar-refractivity contribution in [2.75, 3.05) is 17.3 Å². The molecule has 1 saturated heterocycles. The van der Waals surface area contributed by atoms with Crippen LogP contribution in [0.2, 0.25) is 0 Å². The van der Waals surface area contributed by atoms with E-state index in [1.54, 1.807) is 24.6 Å². The molecule has 2 atom stereocenters. The van der Waals surface area contributed by atoms with Crippen LogP contribution in [0.3, 0.4) is 0 Å². The van der Waals surface area contributed by atoms with E-state index < -0.39 is 0 Å². The molecular weight excluding hydrogens is 416 g/mol. The number of aromatic nitrogens is 1. The van der Waals surface area contributed by atoms with Crippen LogP contribution in [0.5, 0.6) is 5.75 Å². The van der Waals surface area contributed by atoms with Crippen molar-refractivity contribution in [2.45, 2.75) is 25.9 Å². The number of benzene rings is 1. The number of thiocarbonyl (C=S) groups is 1. The van der Waals surface area contributed by atoms with Crippen molar-refractivity contribution in [3.63, 3.8) is 0 Å². The van der Waals surface area contributed by atoms with Crippen LogP contribution in [0.1, 0.15) is 34.5 Å². The summed E-state index contributed by atoms with van der Waals surface area (Å²) < 4.78 is 5.41. The van der Waals surface area contributed by atoms with Crippen LogP contribution < -0.4 is 20.3 Å². The van der Waals surface area contributed by atoms with Crippen molar-refractivity contribution in [1.29, 1.82) is 0 Å². The summed E-state index contributed by atoms with van der Waals surface area (Å²) >= 11 is 7.49. The Morgan fingerprint density at radius 2 is 2.10 bits per heavy atom.